The fourth-order valence-electron chi connectivity index (χ4n) is 2.15. The Morgan fingerprint density at radius 3 is 2.30 bits per heavy atom. The number of hydrogen-bond acceptors (Lipinski definition) is 3. The quantitative estimate of drug-likeness (QED) is 0.677. The van der Waals surface area contributed by atoms with E-state index in [0.717, 1.165) is 22.3 Å². The van der Waals surface area contributed by atoms with E-state index >= 15 is 0 Å². The van der Waals surface area contributed by atoms with E-state index in [-0.39, 0.29) is 0 Å². The lowest BCUT2D eigenvalue weighted by Gasteiger charge is -2.12. The number of aryl methyl sites for hydroxylation is 1. The van der Waals surface area contributed by atoms with Crippen LogP contribution in [0.15, 0.2) is 43.0 Å². The molecule has 20 heavy (non-hydrogen) atoms. The van der Waals surface area contributed by atoms with E-state index in [1.165, 1.54) is 0 Å². The Kier molecular flexibility index (Phi) is 3.99. The Bertz CT molecular complexity index is 630. The maximum Gasteiger partial charge on any atom is 0.142 e. The molecule has 2 N–H and O–H groups in total. The van der Waals surface area contributed by atoms with Gasteiger partial charge in [-0.15, -0.1) is 0 Å². The largest absolute Gasteiger partial charge is 0.497 e. The van der Waals surface area contributed by atoms with Gasteiger partial charge in [-0.3, -0.25) is 0 Å². The molecule has 3 nitrogen and oxygen atoms in total. The van der Waals surface area contributed by atoms with Crippen LogP contribution in [0.3, 0.4) is 0 Å². The van der Waals surface area contributed by atoms with Gasteiger partial charge in [0.2, 0.25) is 0 Å². The number of ether oxygens (including phenoxy) is 2. The Labute approximate surface area is 119 Å². The first kappa shape index (κ1) is 14.0. The van der Waals surface area contributed by atoms with Crippen LogP contribution in [0.25, 0.3) is 16.9 Å². The number of benzene rings is 2. The normalized spacial score (nSPS) is 10.2. The lowest BCUT2D eigenvalue weighted by atomic mass is 9.98. The lowest BCUT2D eigenvalue weighted by molar-refractivity contribution is 0.371. The fraction of sp³-hybridized carbons (Fsp3) is 0.176. The first-order valence-corrected chi connectivity index (χ1v) is 6.34. The van der Waals surface area contributed by atoms with Gasteiger partial charge in [0, 0.05) is 5.56 Å². The fourth-order valence-corrected chi connectivity index (χ4v) is 2.15. The average Bonchev–Trinajstić information content (AvgIpc) is 2.47. The van der Waals surface area contributed by atoms with Crippen molar-refractivity contribution in [2.45, 2.75) is 6.92 Å². The summed E-state index contributed by atoms with van der Waals surface area (Å²) in [4.78, 5) is 0. The van der Waals surface area contributed by atoms with Gasteiger partial charge in [-0.1, -0.05) is 30.8 Å². The molecule has 104 valence electrons. The lowest BCUT2D eigenvalue weighted by Crippen LogP contribution is -1.95. The van der Waals surface area contributed by atoms with Crippen LogP contribution in [-0.4, -0.2) is 14.2 Å². The summed E-state index contributed by atoms with van der Waals surface area (Å²) in [6.07, 6.45) is 0. The molecule has 2 aromatic rings. The van der Waals surface area contributed by atoms with Crippen LogP contribution in [0.1, 0.15) is 11.1 Å². The second-order valence-corrected chi connectivity index (χ2v) is 4.61. The second-order valence-electron chi connectivity index (χ2n) is 4.61. The zero-order valence-corrected chi connectivity index (χ0v) is 12.1. The molecule has 0 saturated carbocycles. The molecule has 0 aliphatic carbocycles. The van der Waals surface area contributed by atoms with Crippen molar-refractivity contribution in [1.82, 2.24) is 0 Å². The molecule has 0 fully saturated rings. The van der Waals surface area contributed by atoms with Gasteiger partial charge in [0.1, 0.15) is 11.5 Å². The molecular weight excluding hydrogens is 250 g/mol. The van der Waals surface area contributed by atoms with Crippen molar-refractivity contribution in [1.29, 1.82) is 0 Å². The van der Waals surface area contributed by atoms with Crippen molar-refractivity contribution < 1.29 is 9.47 Å². The van der Waals surface area contributed by atoms with Gasteiger partial charge in [0.05, 0.1) is 19.9 Å². The standard InChI is InChI=1S/C17H19NO2/c1-11-9-16(18)17(20-4)10-15(11)14-7-5-13(6-8-14)12(2)19-3/h5-10H,2,18H2,1,3-4H3. The monoisotopic (exact) mass is 269 g/mol. The Morgan fingerprint density at radius 2 is 1.75 bits per heavy atom. The summed E-state index contributed by atoms with van der Waals surface area (Å²) in [5, 5.41) is 0. The van der Waals surface area contributed by atoms with Crippen molar-refractivity contribution in [2.24, 2.45) is 0 Å². The third kappa shape index (κ3) is 2.62. The van der Waals surface area contributed by atoms with Crippen molar-refractivity contribution >= 4 is 11.4 Å². The SMILES string of the molecule is C=C(OC)c1ccc(-c2cc(OC)c(N)cc2C)cc1. The number of nitrogens with two attached hydrogens (primary N) is 1. The van der Waals surface area contributed by atoms with Gasteiger partial charge in [0.15, 0.2) is 0 Å². The maximum absolute atomic E-state index is 5.91. The topological polar surface area (TPSA) is 44.5 Å². The molecule has 0 bridgehead atoms. The van der Waals surface area contributed by atoms with Crippen LogP contribution >= 0.6 is 0 Å². The number of hydrogen-bond donors (Lipinski definition) is 1. The Hall–Kier alpha value is -2.42. The first-order chi connectivity index (χ1) is 9.56. The molecule has 0 unspecified atom stereocenters. The van der Waals surface area contributed by atoms with E-state index in [2.05, 4.69) is 6.58 Å². The Morgan fingerprint density at radius 1 is 1.10 bits per heavy atom. The summed E-state index contributed by atoms with van der Waals surface area (Å²) in [6.45, 7) is 5.88. The highest BCUT2D eigenvalue weighted by Gasteiger charge is 2.08. The molecule has 3 heteroatoms. The molecule has 0 radical (unpaired) electrons. The average molecular weight is 269 g/mol. The minimum atomic E-state index is 0.651. The molecule has 2 aromatic carbocycles. The zero-order valence-electron chi connectivity index (χ0n) is 12.1. The minimum absolute atomic E-state index is 0.651. The minimum Gasteiger partial charge on any atom is -0.497 e. The third-order valence-corrected chi connectivity index (χ3v) is 3.34. The molecule has 0 aliphatic rings. The molecule has 0 aromatic heterocycles. The van der Waals surface area contributed by atoms with Gasteiger partial charge in [-0.05, 0) is 35.7 Å². The number of anilines is 1. The Balaban J connectivity index is 2.44. The van der Waals surface area contributed by atoms with Crippen LogP contribution in [0.4, 0.5) is 5.69 Å². The molecule has 0 amide bonds. The molecule has 0 saturated heterocycles. The van der Waals surface area contributed by atoms with Crippen molar-refractivity contribution in [3.63, 3.8) is 0 Å². The van der Waals surface area contributed by atoms with Crippen LogP contribution < -0.4 is 10.5 Å². The van der Waals surface area contributed by atoms with Crippen LogP contribution in [-0.2, 0) is 4.74 Å². The van der Waals surface area contributed by atoms with Crippen molar-refractivity contribution in [3.05, 3.63) is 54.1 Å². The molecule has 0 spiro atoms. The molecule has 0 aliphatic heterocycles. The summed E-state index contributed by atoms with van der Waals surface area (Å²) < 4.78 is 10.4. The first-order valence-electron chi connectivity index (χ1n) is 6.34. The number of rotatable bonds is 4. The highest BCUT2D eigenvalue weighted by Crippen LogP contribution is 2.32. The van der Waals surface area contributed by atoms with E-state index in [9.17, 15) is 0 Å². The summed E-state index contributed by atoms with van der Waals surface area (Å²) in [5.41, 5.74) is 10.8. The number of nitrogen functional groups attached to an aromatic ring is 1. The maximum atomic E-state index is 5.91. The van der Waals surface area contributed by atoms with Gasteiger partial charge < -0.3 is 15.2 Å². The summed E-state index contributed by atoms with van der Waals surface area (Å²) in [6, 6.07) is 11.9. The molecular formula is C17H19NO2. The predicted octanol–water partition coefficient (Wildman–Crippen LogP) is 3.87. The summed E-state index contributed by atoms with van der Waals surface area (Å²) in [7, 11) is 3.24. The third-order valence-electron chi connectivity index (χ3n) is 3.34. The van der Waals surface area contributed by atoms with Gasteiger partial charge in [0.25, 0.3) is 0 Å². The van der Waals surface area contributed by atoms with Gasteiger partial charge in [-0.2, -0.15) is 0 Å². The van der Waals surface area contributed by atoms with Crippen LogP contribution in [0.2, 0.25) is 0 Å². The van der Waals surface area contributed by atoms with Crippen molar-refractivity contribution in [2.75, 3.05) is 20.0 Å². The van der Waals surface area contributed by atoms with Crippen LogP contribution in [0.5, 0.6) is 5.75 Å². The van der Waals surface area contributed by atoms with E-state index in [1.54, 1.807) is 14.2 Å². The molecule has 2 rings (SSSR count). The summed E-state index contributed by atoms with van der Waals surface area (Å²) >= 11 is 0. The second kappa shape index (κ2) is 5.70. The van der Waals surface area contributed by atoms with E-state index in [0.29, 0.717) is 17.2 Å². The number of methoxy groups -OCH3 is 2. The zero-order chi connectivity index (χ0) is 14.7. The molecule has 0 heterocycles. The summed E-state index contributed by atoms with van der Waals surface area (Å²) in [5.74, 6) is 1.35. The molecule has 0 atom stereocenters. The van der Waals surface area contributed by atoms with Gasteiger partial charge >= 0.3 is 0 Å². The highest BCUT2D eigenvalue weighted by molar-refractivity contribution is 5.74. The van der Waals surface area contributed by atoms with E-state index in [1.807, 2.05) is 43.3 Å². The smallest absolute Gasteiger partial charge is 0.142 e. The predicted molar refractivity (Wildman–Crippen MR) is 83.6 cm³/mol. The van der Waals surface area contributed by atoms with E-state index in [4.69, 9.17) is 15.2 Å². The van der Waals surface area contributed by atoms with Crippen molar-refractivity contribution in [3.8, 4) is 16.9 Å². The van der Waals surface area contributed by atoms with Crippen LogP contribution in [0, 0.1) is 6.92 Å². The highest BCUT2D eigenvalue weighted by atomic mass is 16.5. The van der Waals surface area contributed by atoms with Gasteiger partial charge in [-0.25, -0.2) is 0 Å². The van der Waals surface area contributed by atoms with E-state index < -0.39 is 0 Å².